The highest BCUT2D eigenvalue weighted by atomic mass is 32.2. The van der Waals surface area contributed by atoms with E-state index >= 15 is 0 Å². The SMILES string of the molecule is CCOC(=O)CN1C(=O)SC(=Cc2cc(C)n(-c3ccc(OC)cc3)c2C)C1=O. The molecule has 29 heavy (non-hydrogen) atoms. The topological polar surface area (TPSA) is 77.8 Å². The molecular weight excluding hydrogens is 392 g/mol. The van der Waals surface area contributed by atoms with E-state index in [-0.39, 0.29) is 18.1 Å². The summed E-state index contributed by atoms with van der Waals surface area (Å²) >= 11 is 0.826. The minimum absolute atomic E-state index is 0.197. The second-order valence-electron chi connectivity index (χ2n) is 6.43. The van der Waals surface area contributed by atoms with E-state index in [4.69, 9.17) is 9.47 Å². The molecule has 152 valence electrons. The van der Waals surface area contributed by atoms with Crippen molar-refractivity contribution in [2.24, 2.45) is 0 Å². The number of esters is 1. The molecule has 0 N–H and O–H groups in total. The van der Waals surface area contributed by atoms with E-state index in [1.807, 2.05) is 44.2 Å². The van der Waals surface area contributed by atoms with Gasteiger partial charge in [0, 0.05) is 17.1 Å². The van der Waals surface area contributed by atoms with E-state index in [0.29, 0.717) is 0 Å². The molecule has 2 amide bonds. The third-order valence-electron chi connectivity index (χ3n) is 4.55. The summed E-state index contributed by atoms with van der Waals surface area (Å²) < 4.78 is 12.1. The van der Waals surface area contributed by atoms with Crippen molar-refractivity contribution in [1.82, 2.24) is 9.47 Å². The molecule has 1 aromatic heterocycles. The van der Waals surface area contributed by atoms with E-state index in [0.717, 1.165) is 45.1 Å². The Labute approximate surface area is 173 Å². The monoisotopic (exact) mass is 414 g/mol. The van der Waals surface area contributed by atoms with Crippen molar-refractivity contribution >= 4 is 35.0 Å². The minimum atomic E-state index is -0.603. The van der Waals surface area contributed by atoms with Crippen LogP contribution in [0.5, 0.6) is 5.75 Å². The zero-order valence-corrected chi connectivity index (χ0v) is 17.5. The number of ether oxygens (including phenoxy) is 2. The first kappa shape index (κ1) is 20.7. The summed E-state index contributed by atoms with van der Waals surface area (Å²) in [6.45, 7) is 5.42. The molecule has 8 heteroatoms. The van der Waals surface area contributed by atoms with Gasteiger partial charge in [0.1, 0.15) is 12.3 Å². The maximum Gasteiger partial charge on any atom is 0.326 e. The van der Waals surface area contributed by atoms with E-state index < -0.39 is 17.1 Å². The van der Waals surface area contributed by atoms with Crippen molar-refractivity contribution in [3.8, 4) is 11.4 Å². The summed E-state index contributed by atoms with van der Waals surface area (Å²) in [6, 6.07) is 9.63. The van der Waals surface area contributed by atoms with Crippen molar-refractivity contribution in [3.63, 3.8) is 0 Å². The fourth-order valence-electron chi connectivity index (χ4n) is 3.18. The smallest absolute Gasteiger partial charge is 0.326 e. The predicted octanol–water partition coefficient (Wildman–Crippen LogP) is 3.70. The molecule has 0 aliphatic carbocycles. The molecule has 1 aliphatic rings. The standard InChI is InChI=1S/C21H22N2O5S/c1-5-28-19(24)12-22-20(25)18(29-21(22)26)11-15-10-13(2)23(14(15)3)16-6-8-17(27-4)9-7-16/h6-11H,5,12H2,1-4H3. The number of hydrogen-bond donors (Lipinski definition) is 0. The second kappa shape index (κ2) is 8.57. The highest BCUT2D eigenvalue weighted by molar-refractivity contribution is 8.18. The summed E-state index contributed by atoms with van der Waals surface area (Å²) in [6.07, 6.45) is 1.69. The molecule has 2 heterocycles. The van der Waals surface area contributed by atoms with E-state index in [1.54, 1.807) is 20.1 Å². The molecule has 0 unspecified atom stereocenters. The lowest BCUT2D eigenvalue weighted by atomic mass is 10.2. The predicted molar refractivity (Wildman–Crippen MR) is 111 cm³/mol. The van der Waals surface area contributed by atoms with Gasteiger partial charge < -0.3 is 14.0 Å². The molecule has 1 fully saturated rings. The fourth-order valence-corrected chi connectivity index (χ4v) is 4.00. The Morgan fingerprint density at radius 1 is 1.17 bits per heavy atom. The highest BCUT2D eigenvalue weighted by Crippen LogP contribution is 2.33. The number of aromatic nitrogens is 1. The maximum atomic E-state index is 12.6. The van der Waals surface area contributed by atoms with Gasteiger partial charge in [-0.1, -0.05) is 0 Å². The van der Waals surface area contributed by atoms with Crippen LogP contribution >= 0.6 is 11.8 Å². The summed E-state index contributed by atoms with van der Waals surface area (Å²) in [5.41, 5.74) is 3.73. The molecule has 2 aromatic rings. The molecule has 1 aromatic carbocycles. The Bertz CT molecular complexity index is 991. The molecule has 0 atom stereocenters. The fraction of sp³-hybridized carbons (Fsp3) is 0.286. The van der Waals surface area contributed by atoms with E-state index in [9.17, 15) is 14.4 Å². The molecule has 1 aliphatic heterocycles. The van der Waals surface area contributed by atoms with Crippen molar-refractivity contribution in [3.05, 3.63) is 52.2 Å². The second-order valence-corrected chi connectivity index (χ2v) is 7.43. The van der Waals surface area contributed by atoms with Gasteiger partial charge in [-0.25, -0.2) is 0 Å². The summed E-state index contributed by atoms with van der Waals surface area (Å²) in [5.74, 6) is -0.317. The maximum absolute atomic E-state index is 12.6. The first-order valence-corrected chi connectivity index (χ1v) is 9.91. The van der Waals surface area contributed by atoms with Crippen LogP contribution in [0.1, 0.15) is 23.9 Å². The summed E-state index contributed by atoms with van der Waals surface area (Å²) in [7, 11) is 1.62. The number of carbonyl (C=O) groups is 3. The van der Waals surface area contributed by atoms with Crippen molar-refractivity contribution < 1.29 is 23.9 Å². The van der Waals surface area contributed by atoms with Crippen molar-refractivity contribution in [1.29, 1.82) is 0 Å². The molecule has 0 saturated carbocycles. The van der Waals surface area contributed by atoms with Gasteiger partial charge in [0.2, 0.25) is 0 Å². The lowest BCUT2D eigenvalue weighted by molar-refractivity contribution is -0.145. The normalized spacial score (nSPS) is 15.3. The van der Waals surface area contributed by atoms with Crippen molar-refractivity contribution in [2.45, 2.75) is 20.8 Å². The average Bonchev–Trinajstić information content (AvgIpc) is 3.12. The number of rotatable bonds is 6. The van der Waals surface area contributed by atoms with Crippen LogP contribution in [0.15, 0.2) is 35.2 Å². The van der Waals surface area contributed by atoms with Gasteiger partial charge in [0.15, 0.2) is 0 Å². The number of benzene rings is 1. The molecule has 0 bridgehead atoms. The Hall–Kier alpha value is -3.00. The Morgan fingerprint density at radius 2 is 1.86 bits per heavy atom. The molecule has 0 spiro atoms. The van der Waals surface area contributed by atoms with Gasteiger partial charge in [0.05, 0.1) is 18.6 Å². The third kappa shape index (κ3) is 4.22. The van der Waals surface area contributed by atoms with Crippen LogP contribution in [0, 0.1) is 13.8 Å². The van der Waals surface area contributed by atoms with Gasteiger partial charge in [-0.2, -0.15) is 0 Å². The number of hydrogen-bond acceptors (Lipinski definition) is 6. The number of imide groups is 1. The van der Waals surface area contributed by atoms with Crippen LogP contribution in [0.2, 0.25) is 0 Å². The zero-order valence-electron chi connectivity index (χ0n) is 16.7. The quantitative estimate of drug-likeness (QED) is 0.530. The number of nitrogens with zero attached hydrogens (tertiary/aromatic N) is 2. The number of methoxy groups -OCH3 is 1. The average molecular weight is 414 g/mol. The number of aryl methyl sites for hydroxylation is 1. The van der Waals surface area contributed by atoms with Gasteiger partial charge in [-0.15, -0.1) is 0 Å². The first-order valence-electron chi connectivity index (χ1n) is 9.10. The van der Waals surface area contributed by atoms with Crippen LogP contribution in [0.4, 0.5) is 4.79 Å². The largest absolute Gasteiger partial charge is 0.497 e. The Morgan fingerprint density at radius 3 is 2.48 bits per heavy atom. The summed E-state index contributed by atoms with van der Waals surface area (Å²) in [4.78, 5) is 37.6. The number of amides is 2. The summed E-state index contributed by atoms with van der Waals surface area (Å²) in [5, 5.41) is -0.474. The molecular formula is C21H22N2O5S. The highest BCUT2D eigenvalue weighted by Gasteiger charge is 2.36. The Kier molecular flexibility index (Phi) is 6.12. The van der Waals surface area contributed by atoms with Gasteiger partial charge in [-0.3, -0.25) is 19.3 Å². The molecule has 0 radical (unpaired) electrons. The van der Waals surface area contributed by atoms with Crippen LogP contribution in [0.3, 0.4) is 0 Å². The van der Waals surface area contributed by atoms with Crippen LogP contribution in [-0.4, -0.2) is 46.8 Å². The third-order valence-corrected chi connectivity index (χ3v) is 5.46. The molecule has 1 saturated heterocycles. The minimum Gasteiger partial charge on any atom is -0.497 e. The van der Waals surface area contributed by atoms with Gasteiger partial charge in [-0.05, 0) is 74.5 Å². The number of carbonyl (C=O) groups excluding carboxylic acids is 3. The van der Waals surface area contributed by atoms with Gasteiger partial charge >= 0.3 is 5.97 Å². The first-order chi connectivity index (χ1) is 13.8. The van der Waals surface area contributed by atoms with Crippen LogP contribution in [-0.2, 0) is 14.3 Å². The number of thioether (sulfide) groups is 1. The lowest BCUT2D eigenvalue weighted by Gasteiger charge is -2.11. The van der Waals surface area contributed by atoms with E-state index in [2.05, 4.69) is 4.57 Å². The van der Waals surface area contributed by atoms with Crippen LogP contribution in [0.25, 0.3) is 11.8 Å². The zero-order chi connectivity index (χ0) is 21.1. The van der Waals surface area contributed by atoms with Crippen LogP contribution < -0.4 is 4.74 Å². The molecule has 3 rings (SSSR count). The lowest BCUT2D eigenvalue weighted by Crippen LogP contribution is -2.34. The van der Waals surface area contributed by atoms with E-state index in [1.165, 1.54) is 0 Å². The van der Waals surface area contributed by atoms with Gasteiger partial charge in [0.25, 0.3) is 11.1 Å². The van der Waals surface area contributed by atoms with Crippen molar-refractivity contribution in [2.75, 3.05) is 20.3 Å². The molecule has 7 nitrogen and oxygen atoms in total. The Balaban J connectivity index is 1.88.